The topological polar surface area (TPSA) is 50.4 Å². The fourth-order valence-electron chi connectivity index (χ4n) is 3.32. The molecule has 0 radical (unpaired) electrons. The number of hydrogen-bond donors (Lipinski definition) is 2. The van der Waals surface area contributed by atoms with Crippen LogP contribution in [0.3, 0.4) is 0 Å². The first kappa shape index (κ1) is 13.6. The fourth-order valence-corrected chi connectivity index (χ4v) is 3.32. The van der Waals surface area contributed by atoms with Gasteiger partial charge in [-0.05, 0) is 30.4 Å². The van der Waals surface area contributed by atoms with Gasteiger partial charge in [-0.3, -0.25) is 4.79 Å². The number of methoxy groups -OCH3 is 1. The first-order valence-electron chi connectivity index (χ1n) is 7.39. The molecule has 3 atom stereocenters. The number of carbonyl (C=O) groups is 1. The summed E-state index contributed by atoms with van der Waals surface area (Å²) in [6.45, 7) is 1.58. The van der Waals surface area contributed by atoms with E-state index in [1.165, 1.54) is 11.1 Å². The van der Waals surface area contributed by atoms with Crippen molar-refractivity contribution in [2.75, 3.05) is 13.7 Å². The SMILES string of the molecule is COC1CCC(NC(=O)C2CNCc3ccccc32)C1. The fraction of sp³-hybridized carbons (Fsp3) is 0.562. The molecule has 3 unspecified atom stereocenters. The van der Waals surface area contributed by atoms with Gasteiger partial charge in [-0.1, -0.05) is 24.3 Å². The van der Waals surface area contributed by atoms with Crippen molar-refractivity contribution in [3.8, 4) is 0 Å². The monoisotopic (exact) mass is 274 g/mol. The first-order chi connectivity index (χ1) is 9.78. The molecule has 20 heavy (non-hydrogen) atoms. The molecule has 1 heterocycles. The third-order valence-corrected chi connectivity index (χ3v) is 4.48. The predicted octanol–water partition coefficient (Wildman–Crippen LogP) is 1.56. The maximum absolute atomic E-state index is 12.5. The lowest BCUT2D eigenvalue weighted by molar-refractivity contribution is -0.123. The molecule has 1 aliphatic heterocycles. The molecule has 1 saturated carbocycles. The highest BCUT2D eigenvalue weighted by Crippen LogP contribution is 2.26. The number of fused-ring (bicyclic) bond motifs is 1. The predicted molar refractivity (Wildman–Crippen MR) is 77.5 cm³/mol. The number of hydrogen-bond acceptors (Lipinski definition) is 3. The Morgan fingerprint density at radius 3 is 3.00 bits per heavy atom. The smallest absolute Gasteiger partial charge is 0.229 e. The molecule has 1 amide bonds. The molecule has 4 heteroatoms. The van der Waals surface area contributed by atoms with Crippen LogP contribution in [0.2, 0.25) is 0 Å². The maximum atomic E-state index is 12.5. The average Bonchev–Trinajstić information content (AvgIpc) is 2.94. The number of rotatable bonds is 3. The molecule has 4 nitrogen and oxygen atoms in total. The van der Waals surface area contributed by atoms with Gasteiger partial charge in [-0.25, -0.2) is 0 Å². The van der Waals surface area contributed by atoms with Gasteiger partial charge in [0.1, 0.15) is 0 Å². The Kier molecular flexibility index (Phi) is 4.03. The van der Waals surface area contributed by atoms with Crippen molar-refractivity contribution < 1.29 is 9.53 Å². The number of carbonyl (C=O) groups excluding carboxylic acids is 1. The molecule has 1 fully saturated rings. The lowest BCUT2D eigenvalue weighted by Crippen LogP contribution is -2.42. The van der Waals surface area contributed by atoms with Crippen molar-refractivity contribution in [3.05, 3.63) is 35.4 Å². The van der Waals surface area contributed by atoms with Gasteiger partial charge in [0.2, 0.25) is 5.91 Å². The van der Waals surface area contributed by atoms with Gasteiger partial charge in [0.15, 0.2) is 0 Å². The van der Waals surface area contributed by atoms with Crippen molar-refractivity contribution in [2.45, 2.75) is 43.9 Å². The molecule has 1 aliphatic carbocycles. The number of nitrogens with one attached hydrogen (secondary N) is 2. The Morgan fingerprint density at radius 1 is 1.35 bits per heavy atom. The highest BCUT2D eigenvalue weighted by atomic mass is 16.5. The maximum Gasteiger partial charge on any atom is 0.229 e. The van der Waals surface area contributed by atoms with E-state index in [0.717, 1.165) is 32.4 Å². The van der Waals surface area contributed by atoms with Crippen LogP contribution in [0.15, 0.2) is 24.3 Å². The molecule has 0 saturated heterocycles. The van der Waals surface area contributed by atoms with Gasteiger partial charge in [-0.15, -0.1) is 0 Å². The Labute approximate surface area is 119 Å². The molecule has 108 valence electrons. The summed E-state index contributed by atoms with van der Waals surface area (Å²) < 4.78 is 5.36. The molecule has 3 rings (SSSR count). The molecule has 2 aliphatic rings. The van der Waals surface area contributed by atoms with Gasteiger partial charge in [-0.2, -0.15) is 0 Å². The number of ether oxygens (including phenoxy) is 1. The highest BCUT2D eigenvalue weighted by Gasteiger charge is 2.30. The van der Waals surface area contributed by atoms with Crippen LogP contribution in [0.4, 0.5) is 0 Å². The van der Waals surface area contributed by atoms with Crippen LogP contribution < -0.4 is 10.6 Å². The van der Waals surface area contributed by atoms with Crippen LogP contribution in [-0.2, 0) is 16.1 Å². The van der Waals surface area contributed by atoms with Crippen LogP contribution in [0.5, 0.6) is 0 Å². The zero-order chi connectivity index (χ0) is 13.9. The van der Waals surface area contributed by atoms with Crippen LogP contribution in [-0.4, -0.2) is 31.7 Å². The van der Waals surface area contributed by atoms with Crippen LogP contribution in [0, 0.1) is 0 Å². The Morgan fingerprint density at radius 2 is 2.20 bits per heavy atom. The summed E-state index contributed by atoms with van der Waals surface area (Å²) >= 11 is 0. The quantitative estimate of drug-likeness (QED) is 0.879. The van der Waals surface area contributed by atoms with E-state index in [1.54, 1.807) is 7.11 Å². The Bertz CT molecular complexity index is 489. The lowest BCUT2D eigenvalue weighted by Gasteiger charge is -2.26. The van der Waals surface area contributed by atoms with Crippen LogP contribution >= 0.6 is 0 Å². The molecule has 2 N–H and O–H groups in total. The Hall–Kier alpha value is -1.39. The van der Waals surface area contributed by atoms with E-state index in [2.05, 4.69) is 22.8 Å². The average molecular weight is 274 g/mol. The van der Waals surface area contributed by atoms with Gasteiger partial charge >= 0.3 is 0 Å². The minimum Gasteiger partial charge on any atom is -0.381 e. The molecule has 0 spiro atoms. The second kappa shape index (κ2) is 5.94. The van der Waals surface area contributed by atoms with Crippen molar-refractivity contribution >= 4 is 5.91 Å². The summed E-state index contributed by atoms with van der Waals surface area (Å²) in [6, 6.07) is 8.48. The lowest BCUT2D eigenvalue weighted by atomic mass is 9.90. The molecule has 1 aromatic carbocycles. The van der Waals surface area contributed by atoms with E-state index < -0.39 is 0 Å². The van der Waals surface area contributed by atoms with Gasteiger partial charge < -0.3 is 15.4 Å². The number of benzene rings is 1. The van der Waals surface area contributed by atoms with Gasteiger partial charge in [0.25, 0.3) is 0 Å². The standard InChI is InChI=1S/C16H22N2O2/c1-20-13-7-6-12(8-13)18-16(19)15-10-17-9-11-4-2-3-5-14(11)15/h2-5,12-13,15,17H,6-10H2,1H3,(H,18,19). The second-order valence-corrected chi connectivity index (χ2v) is 5.76. The summed E-state index contributed by atoms with van der Waals surface area (Å²) in [6.07, 6.45) is 3.30. The van der Waals surface area contributed by atoms with E-state index in [1.807, 2.05) is 12.1 Å². The summed E-state index contributed by atoms with van der Waals surface area (Å²) in [5.41, 5.74) is 2.41. The summed E-state index contributed by atoms with van der Waals surface area (Å²) in [5, 5.41) is 6.53. The third kappa shape index (κ3) is 2.72. The van der Waals surface area contributed by atoms with Crippen molar-refractivity contribution in [3.63, 3.8) is 0 Å². The van der Waals surface area contributed by atoms with Crippen molar-refractivity contribution in [2.24, 2.45) is 0 Å². The molecular weight excluding hydrogens is 252 g/mol. The summed E-state index contributed by atoms with van der Waals surface area (Å²) in [7, 11) is 1.75. The zero-order valence-electron chi connectivity index (χ0n) is 11.9. The van der Waals surface area contributed by atoms with Crippen molar-refractivity contribution in [1.29, 1.82) is 0 Å². The van der Waals surface area contributed by atoms with E-state index in [4.69, 9.17) is 4.74 Å². The molecule has 0 bridgehead atoms. The van der Waals surface area contributed by atoms with Gasteiger partial charge in [0.05, 0.1) is 12.0 Å². The Balaban J connectivity index is 1.67. The van der Waals surface area contributed by atoms with E-state index in [-0.39, 0.29) is 17.9 Å². The number of amides is 1. The first-order valence-corrected chi connectivity index (χ1v) is 7.39. The second-order valence-electron chi connectivity index (χ2n) is 5.76. The summed E-state index contributed by atoms with van der Waals surface area (Å²) in [5.74, 6) is 0.0768. The minimum absolute atomic E-state index is 0.0680. The third-order valence-electron chi connectivity index (χ3n) is 4.48. The summed E-state index contributed by atoms with van der Waals surface area (Å²) in [4.78, 5) is 12.5. The van der Waals surface area contributed by atoms with E-state index in [9.17, 15) is 4.79 Å². The van der Waals surface area contributed by atoms with Crippen LogP contribution in [0.25, 0.3) is 0 Å². The highest BCUT2D eigenvalue weighted by molar-refractivity contribution is 5.85. The van der Waals surface area contributed by atoms with E-state index >= 15 is 0 Å². The molecular formula is C16H22N2O2. The minimum atomic E-state index is -0.0680. The normalized spacial score (nSPS) is 28.9. The molecule has 0 aromatic heterocycles. The zero-order valence-corrected chi connectivity index (χ0v) is 11.9. The molecule has 1 aromatic rings. The van der Waals surface area contributed by atoms with E-state index in [0.29, 0.717) is 6.10 Å². The van der Waals surface area contributed by atoms with Crippen molar-refractivity contribution in [1.82, 2.24) is 10.6 Å². The van der Waals surface area contributed by atoms with Crippen LogP contribution in [0.1, 0.15) is 36.3 Å². The largest absolute Gasteiger partial charge is 0.381 e. The van der Waals surface area contributed by atoms with Gasteiger partial charge in [0, 0.05) is 26.2 Å².